The van der Waals surface area contributed by atoms with E-state index in [1.807, 2.05) is 0 Å². The lowest BCUT2D eigenvalue weighted by atomic mass is 9.59. The number of rotatable bonds is 3. The van der Waals surface area contributed by atoms with Crippen molar-refractivity contribution < 1.29 is 0 Å². The number of fused-ring (bicyclic) bond motifs is 6. The van der Waals surface area contributed by atoms with Crippen molar-refractivity contribution >= 4 is 139 Å². The topological polar surface area (TPSA) is 0 Å². The predicted octanol–water partition coefficient (Wildman–Crippen LogP) is -1.48. The summed E-state index contributed by atoms with van der Waals surface area (Å²) in [6.07, 6.45) is 0. The molecule has 0 bridgehead atoms. The first kappa shape index (κ1) is 33.9. The molecule has 0 spiro atoms. The first-order valence-electron chi connectivity index (χ1n) is 19.2. The highest BCUT2D eigenvalue weighted by atomic mass is 14.4. The van der Waals surface area contributed by atoms with Gasteiger partial charge in [0.15, 0.2) is 0 Å². The van der Waals surface area contributed by atoms with Crippen LogP contribution in [-0.2, 0) is 5.41 Å². The zero-order valence-electron chi connectivity index (χ0n) is 32.9. The fourth-order valence-electron chi connectivity index (χ4n) is 9.86. The normalized spacial score (nSPS) is 13.1. The molecule has 53 heavy (non-hydrogen) atoms. The highest BCUT2D eigenvalue weighted by molar-refractivity contribution is 6.71. The van der Waals surface area contributed by atoms with Gasteiger partial charge < -0.3 is 0 Å². The van der Waals surface area contributed by atoms with Crippen LogP contribution in [0.1, 0.15) is 25.0 Å². The highest BCUT2D eigenvalue weighted by Gasteiger charge is 2.35. The van der Waals surface area contributed by atoms with E-state index in [0.29, 0.717) is 0 Å². The van der Waals surface area contributed by atoms with Crippen LogP contribution < -0.4 is 43.7 Å². The summed E-state index contributed by atoms with van der Waals surface area (Å²) < 4.78 is 0. The minimum absolute atomic E-state index is 0.0442. The van der Waals surface area contributed by atoms with Gasteiger partial charge >= 0.3 is 0 Å². The van der Waals surface area contributed by atoms with E-state index in [-0.39, 0.29) is 5.41 Å². The van der Waals surface area contributed by atoms with Gasteiger partial charge in [-0.2, -0.15) is 0 Å². The zero-order chi connectivity index (χ0) is 37.1. The second-order valence-electron chi connectivity index (χ2n) is 16.3. The van der Waals surface area contributed by atoms with Gasteiger partial charge in [0.25, 0.3) is 0 Å². The molecule has 8 aromatic rings. The minimum atomic E-state index is -0.0442. The summed E-state index contributed by atoms with van der Waals surface area (Å²) in [5.41, 5.74) is 24.4. The Bertz CT molecular complexity index is 2820. The Morgan fingerprint density at radius 2 is 0.830 bits per heavy atom. The molecule has 0 saturated heterocycles. The van der Waals surface area contributed by atoms with E-state index in [1.54, 1.807) is 0 Å². The first-order chi connectivity index (χ1) is 25.4. The Morgan fingerprint density at radius 1 is 0.358 bits per heavy atom. The lowest BCUT2D eigenvalue weighted by Gasteiger charge is -2.28. The Kier molecular flexibility index (Phi) is 7.69. The molecule has 0 N–H and O–H groups in total. The van der Waals surface area contributed by atoms with Gasteiger partial charge in [0, 0.05) is 5.41 Å². The Balaban J connectivity index is 1.42. The van der Waals surface area contributed by atoms with Crippen LogP contribution in [0.3, 0.4) is 0 Å². The van der Waals surface area contributed by atoms with Crippen LogP contribution in [-0.4, -0.2) is 62.8 Å². The van der Waals surface area contributed by atoms with Gasteiger partial charge in [0.05, 0.1) is 0 Å². The van der Waals surface area contributed by atoms with Crippen molar-refractivity contribution in [1.29, 1.82) is 0 Å². The molecule has 0 aromatic heterocycles. The summed E-state index contributed by atoms with van der Waals surface area (Å²) >= 11 is 0. The Labute approximate surface area is 321 Å². The van der Waals surface area contributed by atoms with Gasteiger partial charge in [-0.1, -0.05) is 133 Å². The molecule has 0 heterocycles. The SMILES string of the molecule is Bc1c(B)c(B)c2c(-c3cccc4ccccc34)c3c(B)c(B)c(B)c(B)c3c(-c3cccc(-c4ccc5c(c4)C(C)(C)c4ccccc4-5)c3)c2c1B. The van der Waals surface area contributed by atoms with Crippen molar-refractivity contribution in [3.63, 3.8) is 0 Å². The summed E-state index contributed by atoms with van der Waals surface area (Å²) in [5, 5.41) is 8.12. The van der Waals surface area contributed by atoms with Crippen LogP contribution in [0.15, 0.2) is 109 Å². The second kappa shape index (κ2) is 12.0. The zero-order valence-corrected chi connectivity index (χ0v) is 32.9. The minimum Gasteiger partial charge on any atom is -0.101 e. The maximum atomic E-state index is 2.47. The number of benzene rings is 8. The summed E-state index contributed by atoms with van der Waals surface area (Å²) in [4.78, 5) is 0. The van der Waals surface area contributed by atoms with Crippen LogP contribution in [0.4, 0.5) is 0 Å². The van der Waals surface area contributed by atoms with Crippen molar-refractivity contribution in [3.05, 3.63) is 120 Å². The monoisotopic (exact) mass is 668 g/mol. The summed E-state index contributed by atoms with van der Waals surface area (Å²) in [5.74, 6) is 0. The maximum absolute atomic E-state index is 2.47. The Morgan fingerprint density at radius 3 is 1.49 bits per heavy atom. The maximum Gasteiger partial charge on any atom is 0.139 e. The molecular weight excluding hydrogens is 627 g/mol. The van der Waals surface area contributed by atoms with Gasteiger partial charge in [-0.3, -0.25) is 0 Å². The molecule has 9 rings (SSSR count). The third-order valence-corrected chi connectivity index (χ3v) is 13.5. The standard InChI is InChI=1S/C45H40B8/c1-45(2)29-16-6-5-14-26(29)27-18-17-23(20-30(27)45)22-11-7-12-24(19-22)31-33-35(39(48)43(52)41(50)37(33)46)32(28-15-8-10-21-9-3-4-13-25(21)28)36-34(31)38(47)42(51)44(53)40(36)49/h3-20H,46-53H2,1-2H3. The third kappa shape index (κ3) is 4.73. The predicted molar refractivity (Wildman–Crippen MR) is 258 cm³/mol. The fourth-order valence-corrected chi connectivity index (χ4v) is 9.86. The molecule has 0 unspecified atom stereocenters. The molecule has 1 aliphatic rings. The highest BCUT2D eigenvalue weighted by Crippen LogP contribution is 2.50. The van der Waals surface area contributed by atoms with E-state index >= 15 is 0 Å². The van der Waals surface area contributed by atoms with Gasteiger partial charge in [-0.25, -0.2) is 0 Å². The van der Waals surface area contributed by atoms with Crippen LogP contribution in [0.25, 0.3) is 76.8 Å². The molecule has 0 aliphatic heterocycles. The van der Waals surface area contributed by atoms with Crippen LogP contribution in [0.5, 0.6) is 0 Å². The van der Waals surface area contributed by atoms with E-state index in [0.717, 1.165) is 0 Å². The van der Waals surface area contributed by atoms with E-state index in [4.69, 9.17) is 0 Å². The lowest BCUT2D eigenvalue weighted by molar-refractivity contribution is 0.660. The largest absolute Gasteiger partial charge is 0.139 e. The lowest BCUT2D eigenvalue weighted by Crippen LogP contribution is -2.50. The third-order valence-electron chi connectivity index (χ3n) is 13.5. The van der Waals surface area contributed by atoms with Crippen LogP contribution in [0.2, 0.25) is 0 Å². The van der Waals surface area contributed by atoms with E-state index in [2.05, 4.69) is 186 Å². The summed E-state index contributed by atoms with van der Waals surface area (Å²) in [6.45, 7) is 4.75. The van der Waals surface area contributed by atoms with E-state index in [1.165, 1.54) is 132 Å². The molecule has 0 saturated carbocycles. The number of hydrogen-bond donors (Lipinski definition) is 0. The van der Waals surface area contributed by atoms with Gasteiger partial charge in [-0.15, -0.1) is 21.9 Å². The molecule has 0 fully saturated rings. The molecular formula is C45H40B8. The molecule has 0 amide bonds. The molecule has 0 radical (unpaired) electrons. The molecule has 8 aromatic carbocycles. The van der Waals surface area contributed by atoms with Gasteiger partial charge in [0.2, 0.25) is 0 Å². The van der Waals surface area contributed by atoms with Crippen molar-refractivity contribution in [2.24, 2.45) is 0 Å². The molecule has 8 heteroatoms. The quantitative estimate of drug-likeness (QED) is 0.160. The molecule has 244 valence electrons. The van der Waals surface area contributed by atoms with Crippen molar-refractivity contribution in [1.82, 2.24) is 0 Å². The summed E-state index contributed by atoms with van der Waals surface area (Å²) in [7, 11) is 18.7. The Hall–Kier alpha value is -4.94. The van der Waals surface area contributed by atoms with Crippen molar-refractivity contribution in [2.75, 3.05) is 0 Å². The van der Waals surface area contributed by atoms with Crippen molar-refractivity contribution in [2.45, 2.75) is 19.3 Å². The average molecular weight is 667 g/mol. The molecule has 0 nitrogen and oxygen atoms in total. The second-order valence-corrected chi connectivity index (χ2v) is 16.3. The summed E-state index contributed by atoms with van der Waals surface area (Å²) in [6, 6.07) is 41.3. The van der Waals surface area contributed by atoms with Gasteiger partial charge in [0.1, 0.15) is 62.8 Å². The van der Waals surface area contributed by atoms with E-state index in [9.17, 15) is 0 Å². The number of hydrogen-bond acceptors (Lipinski definition) is 0. The van der Waals surface area contributed by atoms with Crippen LogP contribution in [0, 0.1) is 0 Å². The van der Waals surface area contributed by atoms with Gasteiger partial charge in [-0.05, 0) is 100 Å². The van der Waals surface area contributed by atoms with Crippen molar-refractivity contribution in [3.8, 4) is 44.5 Å². The average Bonchev–Trinajstić information content (AvgIpc) is 3.41. The van der Waals surface area contributed by atoms with E-state index < -0.39 is 0 Å². The first-order valence-corrected chi connectivity index (χ1v) is 19.2. The smallest absolute Gasteiger partial charge is 0.101 e. The van der Waals surface area contributed by atoms with Crippen LogP contribution >= 0.6 is 0 Å². The molecule has 1 aliphatic carbocycles. The fraction of sp³-hybridized carbons (Fsp3) is 0.0667. The molecule has 0 atom stereocenters.